The van der Waals surface area contributed by atoms with Crippen LogP contribution in [-0.4, -0.2) is 38.8 Å². The molecular weight excluding hydrogens is 359 g/mol. The first-order chi connectivity index (χ1) is 12.3. The molecule has 2 rings (SSSR count). The molecule has 0 spiro atoms. The molecule has 0 aliphatic carbocycles. The highest BCUT2D eigenvalue weighted by Crippen LogP contribution is 2.25. The lowest BCUT2D eigenvalue weighted by Gasteiger charge is -2.19. The molecule has 140 valence electrons. The number of halogens is 1. The number of sulfonamides is 1. The third-order valence-electron chi connectivity index (χ3n) is 3.84. The van der Waals surface area contributed by atoms with Gasteiger partial charge in [-0.1, -0.05) is 19.9 Å². The molecule has 0 aliphatic rings. The van der Waals surface area contributed by atoms with Gasteiger partial charge in [-0.3, -0.25) is 4.79 Å². The number of methoxy groups -OCH3 is 1. The van der Waals surface area contributed by atoms with Crippen LogP contribution in [0.3, 0.4) is 0 Å². The van der Waals surface area contributed by atoms with Gasteiger partial charge in [0, 0.05) is 18.8 Å². The molecule has 0 fully saturated rings. The van der Waals surface area contributed by atoms with Crippen molar-refractivity contribution >= 4 is 21.6 Å². The lowest BCUT2D eigenvalue weighted by Crippen LogP contribution is -2.30. The first kappa shape index (κ1) is 19.9. The van der Waals surface area contributed by atoms with Gasteiger partial charge in [0.15, 0.2) is 0 Å². The van der Waals surface area contributed by atoms with Crippen molar-refractivity contribution in [3.63, 3.8) is 0 Å². The standard InChI is InChI=1S/C18H21FN2O4S/c1-4-21(5-2)26(23,24)15-9-10-17(25-3)16(12-15)18(22)20-14-8-6-7-13(19)11-14/h6-12H,4-5H2,1-3H3,(H,20,22). The highest BCUT2D eigenvalue weighted by atomic mass is 32.2. The van der Waals surface area contributed by atoms with E-state index in [1.165, 1.54) is 53.9 Å². The van der Waals surface area contributed by atoms with Gasteiger partial charge in [0.2, 0.25) is 10.0 Å². The minimum atomic E-state index is -3.72. The number of nitrogens with zero attached hydrogens (tertiary/aromatic N) is 1. The van der Waals surface area contributed by atoms with Crippen molar-refractivity contribution in [2.45, 2.75) is 18.7 Å². The second kappa shape index (κ2) is 8.29. The quantitative estimate of drug-likeness (QED) is 0.801. The van der Waals surface area contributed by atoms with E-state index in [0.29, 0.717) is 13.1 Å². The summed E-state index contributed by atoms with van der Waals surface area (Å²) in [6.45, 7) is 4.11. The van der Waals surface area contributed by atoms with Crippen LogP contribution < -0.4 is 10.1 Å². The van der Waals surface area contributed by atoms with Gasteiger partial charge >= 0.3 is 0 Å². The van der Waals surface area contributed by atoms with Crippen LogP contribution in [0.15, 0.2) is 47.4 Å². The Balaban J connectivity index is 2.42. The molecule has 1 N–H and O–H groups in total. The Morgan fingerprint density at radius 3 is 2.42 bits per heavy atom. The predicted molar refractivity (Wildman–Crippen MR) is 97.5 cm³/mol. The van der Waals surface area contributed by atoms with E-state index in [-0.39, 0.29) is 21.9 Å². The lowest BCUT2D eigenvalue weighted by atomic mass is 10.2. The molecule has 0 saturated heterocycles. The molecule has 0 saturated carbocycles. The Kier molecular flexibility index (Phi) is 6.33. The van der Waals surface area contributed by atoms with E-state index in [0.717, 1.165) is 0 Å². The molecule has 0 unspecified atom stereocenters. The molecule has 0 radical (unpaired) electrons. The first-order valence-electron chi connectivity index (χ1n) is 8.08. The molecule has 0 aromatic heterocycles. The van der Waals surface area contributed by atoms with Crippen molar-refractivity contribution in [3.8, 4) is 5.75 Å². The average molecular weight is 380 g/mol. The van der Waals surface area contributed by atoms with Crippen LogP contribution in [-0.2, 0) is 10.0 Å². The highest BCUT2D eigenvalue weighted by Gasteiger charge is 2.24. The summed E-state index contributed by atoms with van der Waals surface area (Å²) in [4.78, 5) is 12.6. The van der Waals surface area contributed by atoms with Crippen molar-refractivity contribution in [3.05, 3.63) is 53.8 Å². The molecule has 1 amide bonds. The van der Waals surface area contributed by atoms with Gasteiger partial charge in [-0.05, 0) is 36.4 Å². The van der Waals surface area contributed by atoms with Gasteiger partial charge < -0.3 is 10.1 Å². The number of amides is 1. The minimum absolute atomic E-state index is 0.00797. The Morgan fingerprint density at radius 2 is 1.85 bits per heavy atom. The van der Waals surface area contributed by atoms with Crippen LogP contribution >= 0.6 is 0 Å². The number of nitrogens with one attached hydrogen (secondary N) is 1. The Labute approximate surface area is 152 Å². The number of benzene rings is 2. The topological polar surface area (TPSA) is 75.7 Å². The van der Waals surface area contributed by atoms with Crippen LogP contribution in [0.5, 0.6) is 5.75 Å². The van der Waals surface area contributed by atoms with Crippen LogP contribution in [0.4, 0.5) is 10.1 Å². The van der Waals surface area contributed by atoms with Gasteiger partial charge in [0.1, 0.15) is 11.6 Å². The van der Waals surface area contributed by atoms with Crippen molar-refractivity contribution in [2.24, 2.45) is 0 Å². The fourth-order valence-electron chi connectivity index (χ4n) is 2.50. The fourth-order valence-corrected chi connectivity index (χ4v) is 3.99. The monoisotopic (exact) mass is 380 g/mol. The summed E-state index contributed by atoms with van der Waals surface area (Å²) in [6.07, 6.45) is 0. The second-order valence-electron chi connectivity index (χ2n) is 5.42. The van der Waals surface area contributed by atoms with Gasteiger partial charge in [-0.25, -0.2) is 12.8 Å². The summed E-state index contributed by atoms with van der Waals surface area (Å²) in [6, 6.07) is 9.51. The maximum absolute atomic E-state index is 13.3. The van der Waals surface area contributed by atoms with Crippen LogP contribution in [0.1, 0.15) is 24.2 Å². The fraction of sp³-hybridized carbons (Fsp3) is 0.278. The van der Waals surface area contributed by atoms with E-state index < -0.39 is 21.7 Å². The molecule has 2 aromatic rings. The second-order valence-corrected chi connectivity index (χ2v) is 7.35. The maximum Gasteiger partial charge on any atom is 0.259 e. The number of carbonyl (C=O) groups is 1. The number of rotatable bonds is 7. The van der Waals surface area contributed by atoms with E-state index in [1.807, 2.05) is 0 Å². The highest BCUT2D eigenvalue weighted by molar-refractivity contribution is 7.89. The smallest absolute Gasteiger partial charge is 0.259 e. The third-order valence-corrected chi connectivity index (χ3v) is 5.89. The Hall–Kier alpha value is -2.45. The molecule has 0 aliphatic heterocycles. The number of anilines is 1. The molecule has 0 atom stereocenters. The average Bonchev–Trinajstić information content (AvgIpc) is 2.61. The molecular formula is C18H21FN2O4S. The van der Waals surface area contributed by atoms with E-state index in [1.54, 1.807) is 13.8 Å². The largest absolute Gasteiger partial charge is 0.496 e. The molecule has 26 heavy (non-hydrogen) atoms. The molecule has 2 aromatic carbocycles. The molecule has 6 nitrogen and oxygen atoms in total. The van der Waals surface area contributed by atoms with Crippen LogP contribution in [0.25, 0.3) is 0 Å². The van der Waals surface area contributed by atoms with E-state index in [2.05, 4.69) is 5.32 Å². The SMILES string of the molecule is CCN(CC)S(=O)(=O)c1ccc(OC)c(C(=O)Nc2cccc(F)c2)c1. The van der Waals surface area contributed by atoms with Crippen LogP contribution in [0, 0.1) is 5.82 Å². The van der Waals surface area contributed by atoms with Gasteiger partial charge in [0.25, 0.3) is 5.91 Å². The molecule has 0 bridgehead atoms. The summed E-state index contributed by atoms with van der Waals surface area (Å²) >= 11 is 0. The zero-order valence-corrected chi connectivity index (χ0v) is 15.6. The van der Waals surface area contributed by atoms with Crippen molar-refractivity contribution in [2.75, 3.05) is 25.5 Å². The number of hydrogen-bond acceptors (Lipinski definition) is 4. The maximum atomic E-state index is 13.3. The van der Waals surface area contributed by atoms with Crippen molar-refractivity contribution in [1.29, 1.82) is 0 Å². The summed E-state index contributed by atoms with van der Waals surface area (Å²) < 4.78 is 45.1. The lowest BCUT2D eigenvalue weighted by molar-refractivity contribution is 0.102. The molecule has 0 heterocycles. The summed E-state index contributed by atoms with van der Waals surface area (Å²) in [5.41, 5.74) is 0.305. The predicted octanol–water partition coefficient (Wildman–Crippen LogP) is 3.12. The van der Waals surface area contributed by atoms with Crippen molar-refractivity contribution in [1.82, 2.24) is 4.31 Å². The summed E-state index contributed by atoms with van der Waals surface area (Å²) in [5.74, 6) is -0.867. The zero-order valence-electron chi connectivity index (χ0n) is 14.8. The minimum Gasteiger partial charge on any atom is -0.496 e. The Bertz CT molecular complexity index is 896. The van der Waals surface area contributed by atoms with E-state index in [9.17, 15) is 17.6 Å². The number of ether oxygens (including phenoxy) is 1. The van der Waals surface area contributed by atoms with E-state index >= 15 is 0 Å². The Morgan fingerprint density at radius 1 is 1.15 bits per heavy atom. The molecule has 8 heteroatoms. The summed E-state index contributed by atoms with van der Waals surface area (Å²) in [7, 11) is -2.34. The van der Waals surface area contributed by atoms with Crippen molar-refractivity contribution < 1.29 is 22.3 Å². The third kappa shape index (κ3) is 4.20. The van der Waals surface area contributed by atoms with Gasteiger partial charge in [0.05, 0.1) is 17.6 Å². The number of hydrogen-bond donors (Lipinski definition) is 1. The van der Waals surface area contributed by atoms with Gasteiger partial charge in [-0.15, -0.1) is 0 Å². The zero-order chi connectivity index (χ0) is 19.3. The van der Waals surface area contributed by atoms with Crippen LogP contribution in [0.2, 0.25) is 0 Å². The van der Waals surface area contributed by atoms with E-state index in [4.69, 9.17) is 4.74 Å². The normalized spacial score (nSPS) is 11.4. The van der Waals surface area contributed by atoms with Gasteiger partial charge in [-0.2, -0.15) is 4.31 Å². The summed E-state index contributed by atoms with van der Waals surface area (Å²) in [5, 5.41) is 2.54. The first-order valence-corrected chi connectivity index (χ1v) is 9.52. The number of carbonyl (C=O) groups excluding carboxylic acids is 1.